The molecule has 23 heavy (non-hydrogen) atoms. The monoisotopic (exact) mass is 309 g/mol. The first kappa shape index (κ1) is 14.8. The molecule has 116 valence electrons. The fraction of sp³-hybridized carbons (Fsp3) is 0.111. The lowest BCUT2D eigenvalue weighted by molar-refractivity contribution is 0.0695. The second-order valence-corrected chi connectivity index (χ2v) is 5.12. The first-order chi connectivity index (χ1) is 11.1. The SMILES string of the molecule is COc1cccc2ccc(=O)n(Cc3ccccc3C(=O)O)c12. The van der Waals surface area contributed by atoms with Crippen molar-refractivity contribution in [2.24, 2.45) is 0 Å². The Kier molecular flexibility index (Phi) is 3.85. The summed E-state index contributed by atoms with van der Waals surface area (Å²) in [5.74, 6) is -0.436. The first-order valence-electron chi connectivity index (χ1n) is 7.09. The van der Waals surface area contributed by atoms with E-state index in [4.69, 9.17) is 4.74 Å². The van der Waals surface area contributed by atoms with Crippen LogP contribution in [0, 0.1) is 0 Å². The van der Waals surface area contributed by atoms with Crippen molar-refractivity contribution < 1.29 is 14.6 Å². The van der Waals surface area contributed by atoms with Gasteiger partial charge in [-0.3, -0.25) is 4.79 Å². The molecule has 1 N–H and O–H groups in total. The summed E-state index contributed by atoms with van der Waals surface area (Å²) >= 11 is 0. The average molecular weight is 309 g/mol. The van der Waals surface area contributed by atoms with Crippen molar-refractivity contribution in [1.29, 1.82) is 0 Å². The van der Waals surface area contributed by atoms with Gasteiger partial charge in [0.05, 0.1) is 24.7 Å². The Balaban J connectivity index is 2.23. The minimum atomic E-state index is -1.01. The molecule has 0 bridgehead atoms. The van der Waals surface area contributed by atoms with E-state index in [1.54, 1.807) is 37.4 Å². The second kappa shape index (κ2) is 5.96. The van der Waals surface area contributed by atoms with Crippen LogP contribution in [0.5, 0.6) is 5.75 Å². The summed E-state index contributed by atoms with van der Waals surface area (Å²) in [6.45, 7) is 0.166. The van der Waals surface area contributed by atoms with Gasteiger partial charge in [-0.05, 0) is 23.8 Å². The second-order valence-electron chi connectivity index (χ2n) is 5.12. The molecule has 0 saturated carbocycles. The van der Waals surface area contributed by atoms with E-state index in [0.717, 1.165) is 5.39 Å². The number of aromatic carboxylic acids is 1. The van der Waals surface area contributed by atoms with Crippen LogP contribution in [0.1, 0.15) is 15.9 Å². The van der Waals surface area contributed by atoms with Gasteiger partial charge in [0.15, 0.2) is 0 Å². The topological polar surface area (TPSA) is 68.5 Å². The number of nitrogens with zero attached hydrogens (tertiary/aromatic N) is 1. The maximum atomic E-state index is 12.3. The molecule has 0 aliphatic heterocycles. The van der Waals surface area contributed by atoms with E-state index in [-0.39, 0.29) is 17.7 Å². The van der Waals surface area contributed by atoms with E-state index in [0.29, 0.717) is 16.8 Å². The standard InChI is InChI=1S/C18H15NO4/c1-23-15-8-4-6-12-9-10-16(20)19(17(12)15)11-13-5-2-3-7-14(13)18(21)22/h2-10H,11H2,1H3,(H,21,22). The number of benzene rings is 2. The van der Waals surface area contributed by atoms with Crippen molar-refractivity contribution in [3.05, 3.63) is 76.1 Å². The minimum absolute atomic E-state index is 0.166. The fourth-order valence-corrected chi connectivity index (χ4v) is 2.68. The number of para-hydroxylation sites is 1. The summed E-state index contributed by atoms with van der Waals surface area (Å²) in [6.07, 6.45) is 0. The smallest absolute Gasteiger partial charge is 0.336 e. The van der Waals surface area contributed by atoms with E-state index < -0.39 is 5.97 Å². The molecular weight excluding hydrogens is 294 g/mol. The third-order valence-corrected chi connectivity index (χ3v) is 3.77. The van der Waals surface area contributed by atoms with E-state index in [1.165, 1.54) is 16.7 Å². The van der Waals surface area contributed by atoms with Gasteiger partial charge >= 0.3 is 5.97 Å². The molecule has 0 unspecified atom stereocenters. The molecule has 1 heterocycles. The van der Waals surface area contributed by atoms with Gasteiger partial charge in [-0.25, -0.2) is 4.79 Å². The summed E-state index contributed by atoms with van der Waals surface area (Å²) < 4.78 is 6.90. The van der Waals surface area contributed by atoms with Gasteiger partial charge in [0.2, 0.25) is 0 Å². The quantitative estimate of drug-likeness (QED) is 0.804. The third kappa shape index (κ3) is 2.68. The van der Waals surface area contributed by atoms with Crippen LogP contribution in [-0.2, 0) is 6.54 Å². The number of carboxylic acid groups (broad SMARTS) is 1. The molecule has 0 saturated heterocycles. The normalized spacial score (nSPS) is 10.7. The van der Waals surface area contributed by atoms with Crippen LogP contribution < -0.4 is 10.3 Å². The van der Waals surface area contributed by atoms with Crippen LogP contribution in [0.4, 0.5) is 0 Å². The zero-order chi connectivity index (χ0) is 16.4. The molecule has 3 rings (SSSR count). The largest absolute Gasteiger partial charge is 0.495 e. The number of carbonyl (C=O) groups is 1. The minimum Gasteiger partial charge on any atom is -0.495 e. The zero-order valence-electron chi connectivity index (χ0n) is 12.5. The molecule has 0 aliphatic carbocycles. The molecule has 5 heteroatoms. The number of fused-ring (bicyclic) bond motifs is 1. The van der Waals surface area contributed by atoms with Crippen molar-refractivity contribution in [2.45, 2.75) is 6.54 Å². The number of rotatable bonds is 4. The van der Waals surface area contributed by atoms with Gasteiger partial charge in [0.1, 0.15) is 5.75 Å². The van der Waals surface area contributed by atoms with Gasteiger partial charge < -0.3 is 14.4 Å². The van der Waals surface area contributed by atoms with Crippen molar-refractivity contribution in [3.8, 4) is 5.75 Å². The number of carboxylic acids is 1. The van der Waals surface area contributed by atoms with E-state index >= 15 is 0 Å². The maximum Gasteiger partial charge on any atom is 0.336 e. The van der Waals surface area contributed by atoms with E-state index in [2.05, 4.69) is 0 Å². The Morgan fingerprint density at radius 3 is 2.61 bits per heavy atom. The molecule has 0 aliphatic rings. The predicted octanol–water partition coefficient (Wildman–Crippen LogP) is 2.76. The highest BCUT2D eigenvalue weighted by atomic mass is 16.5. The molecule has 1 aromatic heterocycles. The predicted molar refractivity (Wildman–Crippen MR) is 87.3 cm³/mol. The zero-order valence-corrected chi connectivity index (χ0v) is 12.5. The maximum absolute atomic E-state index is 12.3. The molecule has 0 amide bonds. The molecule has 0 fully saturated rings. The molecule has 5 nitrogen and oxygen atoms in total. The molecule has 0 radical (unpaired) electrons. The van der Waals surface area contributed by atoms with Gasteiger partial charge in [0, 0.05) is 11.5 Å². The number of hydrogen-bond donors (Lipinski definition) is 1. The van der Waals surface area contributed by atoms with Crippen molar-refractivity contribution in [3.63, 3.8) is 0 Å². The third-order valence-electron chi connectivity index (χ3n) is 3.77. The Hall–Kier alpha value is -3.08. The fourth-order valence-electron chi connectivity index (χ4n) is 2.68. The summed E-state index contributed by atoms with van der Waals surface area (Å²) in [5, 5.41) is 10.2. The summed E-state index contributed by atoms with van der Waals surface area (Å²) in [4.78, 5) is 23.7. The number of methoxy groups -OCH3 is 1. The van der Waals surface area contributed by atoms with Crippen LogP contribution >= 0.6 is 0 Å². The highest BCUT2D eigenvalue weighted by Gasteiger charge is 2.13. The van der Waals surface area contributed by atoms with Crippen molar-refractivity contribution >= 4 is 16.9 Å². The lowest BCUT2D eigenvalue weighted by Crippen LogP contribution is -2.21. The summed E-state index contributed by atoms with van der Waals surface area (Å²) in [6, 6.07) is 15.4. The molecule has 0 atom stereocenters. The van der Waals surface area contributed by atoms with Gasteiger partial charge in [0.25, 0.3) is 5.56 Å². The Labute approximate surface area is 132 Å². The molecular formula is C18H15NO4. The van der Waals surface area contributed by atoms with Crippen LogP contribution in [0.3, 0.4) is 0 Å². The number of aromatic nitrogens is 1. The van der Waals surface area contributed by atoms with Gasteiger partial charge in [-0.1, -0.05) is 30.3 Å². The lowest BCUT2D eigenvalue weighted by Gasteiger charge is -2.14. The average Bonchev–Trinajstić information content (AvgIpc) is 2.57. The van der Waals surface area contributed by atoms with Gasteiger partial charge in [-0.2, -0.15) is 0 Å². The highest BCUT2D eigenvalue weighted by molar-refractivity contribution is 5.89. The molecule has 3 aromatic rings. The Morgan fingerprint density at radius 1 is 1.09 bits per heavy atom. The lowest BCUT2D eigenvalue weighted by atomic mass is 10.1. The van der Waals surface area contributed by atoms with Crippen LogP contribution in [0.2, 0.25) is 0 Å². The van der Waals surface area contributed by atoms with E-state index in [9.17, 15) is 14.7 Å². The van der Waals surface area contributed by atoms with Crippen LogP contribution in [0.15, 0.2) is 59.4 Å². The van der Waals surface area contributed by atoms with Gasteiger partial charge in [-0.15, -0.1) is 0 Å². The van der Waals surface area contributed by atoms with Crippen LogP contribution in [0.25, 0.3) is 10.9 Å². The van der Waals surface area contributed by atoms with Crippen molar-refractivity contribution in [2.75, 3.05) is 7.11 Å². The highest BCUT2D eigenvalue weighted by Crippen LogP contribution is 2.25. The number of pyridine rings is 1. The van der Waals surface area contributed by atoms with Crippen LogP contribution in [-0.4, -0.2) is 22.8 Å². The number of hydrogen-bond acceptors (Lipinski definition) is 3. The molecule has 2 aromatic carbocycles. The summed E-state index contributed by atoms with van der Waals surface area (Å²) in [5.41, 5.74) is 1.21. The molecule has 0 spiro atoms. The Bertz CT molecular complexity index is 943. The van der Waals surface area contributed by atoms with Crippen molar-refractivity contribution in [1.82, 2.24) is 4.57 Å². The number of ether oxygens (including phenoxy) is 1. The first-order valence-corrected chi connectivity index (χ1v) is 7.09. The Morgan fingerprint density at radius 2 is 1.87 bits per heavy atom. The summed E-state index contributed by atoms with van der Waals surface area (Å²) in [7, 11) is 1.54. The van der Waals surface area contributed by atoms with E-state index in [1.807, 2.05) is 12.1 Å².